The molecule has 2 N–H and O–H groups in total. The van der Waals surface area contributed by atoms with Crippen molar-refractivity contribution in [3.05, 3.63) is 71.7 Å². The molecule has 7 nitrogen and oxygen atoms in total. The minimum atomic E-state index is -0.314. The summed E-state index contributed by atoms with van der Waals surface area (Å²) >= 11 is 0. The van der Waals surface area contributed by atoms with Gasteiger partial charge in [0.25, 0.3) is 0 Å². The molecule has 148 valence electrons. The van der Waals surface area contributed by atoms with E-state index in [1.54, 1.807) is 24.7 Å². The van der Waals surface area contributed by atoms with Gasteiger partial charge in [0, 0.05) is 29.8 Å². The Morgan fingerprint density at radius 1 is 1.17 bits per heavy atom. The van der Waals surface area contributed by atoms with E-state index in [4.69, 9.17) is 4.52 Å². The van der Waals surface area contributed by atoms with Crippen molar-refractivity contribution < 1.29 is 13.7 Å². The summed E-state index contributed by atoms with van der Waals surface area (Å²) in [6.07, 6.45) is 4.12. The van der Waals surface area contributed by atoms with Crippen LogP contribution in [0.25, 0.3) is 11.3 Å². The number of benzene rings is 2. The molecule has 0 aliphatic carbocycles. The summed E-state index contributed by atoms with van der Waals surface area (Å²) in [6, 6.07) is 13.7. The van der Waals surface area contributed by atoms with E-state index in [1.165, 1.54) is 12.1 Å². The average Bonchev–Trinajstić information content (AvgIpc) is 3.40. The average molecular weight is 393 g/mol. The SMILES string of the molecule is O=C(CCc1cnoc1-c1ccc(F)cc1)Nc1ccc(CN2C=NNC2)cc1. The molecule has 0 atom stereocenters. The largest absolute Gasteiger partial charge is 0.356 e. The molecule has 1 aromatic heterocycles. The highest BCUT2D eigenvalue weighted by Gasteiger charge is 2.13. The van der Waals surface area contributed by atoms with Crippen LogP contribution in [0.4, 0.5) is 10.1 Å². The van der Waals surface area contributed by atoms with E-state index in [1.807, 2.05) is 29.2 Å². The predicted molar refractivity (Wildman–Crippen MR) is 107 cm³/mol. The molecule has 1 amide bonds. The summed E-state index contributed by atoms with van der Waals surface area (Å²) < 4.78 is 18.4. The summed E-state index contributed by atoms with van der Waals surface area (Å²) in [6.45, 7) is 1.45. The molecule has 0 bridgehead atoms. The molecule has 29 heavy (non-hydrogen) atoms. The second-order valence-corrected chi connectivity index (χ2v) is 6.74. The third kappa shape index (κ3) is 4.78. The number of halogens is 1. The van der Waals surface area contributed by atoms with Crippen molar-refractivity contribution in [1.82, 2.24) is 15.5 Å². The number of rotatable bonds is 7. The van der Waals surface area contributed by atoms with Gasteiger partial charge in [-0.2, -0.15) is 5.10 Å². The highest BCUT2D eigenvalue weighted by molar-refractivity contribution is 5.90. The van der Waals surface area contributed by atoms with Crippen molar-refractivity contribution in [2.75, 3.05) is 12.0 Å². The smallest absolute Gasteiger partial charge is 0.224 e. The van der Waals surface area contributed by atoms with Crippen LogP contribution in [0.15, 0.2) is 64.4 Å². The molecule has 0 spiro atoms. The van der Waals surface area contributed by atoms with Crippen molar-refractivity contribution in [2.45, 2.75) is 19.4 Å². The molecule has 0 unspecified atom stereocenters. The van der Waals surface area contributed by atoms with Crippen LogP contribution in [-0.2, 0) is 17.8 Å². The Kier molecular flexibility index (Phi) is 5.51. The van der Waals surface area contributed by atoms with Gasteiger partial charge >= 0.3 is 0 Å². The Morgan fingerprint density at radius 3 is 2.69 bits per heavy atom. The molecule has 2 heterocycles. The van der Waals surface area contributed by atoms with Crippen molar-refractivity contribution >= 4 is 17.9 Å². The molecule has 0 saturated heterocycles. The van der Waals surface area contributed by atoms with Gasteiger partial charge in [0.2, 0.25) is 5.91 Å². The molecule has 8 heteroatoms. The summed E-state index contributed by atoms with van der Waals surface area (Å²) in [5.74, 6) is 0.146. The van der Waals surface area contributed by atoms with Gasteiger partial charge in [0.05, 0.1) is 6.20 Å². The van der Waals surface area contributed by atoms with E-state index < -0.39 is 0 Å². The van der Waals surface area contributed by atoms with Crippen LogP contribution in [-0.4, -0.2) is 29.0 Å². The van der Waals surface area contributed by atoms with Gasteiger partial charge in [-0.1, -0.05) is 17.3 Å². The van der Waals surface area contributed by atoms with Crippen LogP contribution in [0.5, 0.6) is 0 Å². The fourth-order valence-electron chi connectivity index (χ4n) is 3.07. The van der Waals surface area contributed by atoms with Crippen LogP contribution in [0.1, 0.15) is 17.5 Å². The zero-order chi connectivity index (χ0) is 20.1. The van der Waals surface area contributed by atoms with Gasteiger partial charge < -0.3 is 14.7 Å². The number of hydrazone groups is 1. The van der Waals surface area contributed by atoms with E-state index in [0.29, 0.717) is 18.8 Å². The lowest BCUT2D eigenvalue weighted by molar-refractivity contribution is -0.116. The third-order valence-corrected chi connectivity index (χ3v) is 4.58. The Hall–Kier alpha value is -3.68. The zero-order valence-electron chi connectivity index (χ0n) is 15.6. The van der Waals surface area contributed by atoms with Gasteiger partial charge in [-0.15, -0.1) is 0 Å². The van der Waals surface area contributed by atoms with E-state index in [-0.39, 0.29) is 18.1 Å². The number of carbonyl (C=O) groups excluding carboxylic acids is 1. The molecule has 3 aromatic rings. The maximum atomic E-state index is 13.1. The second kappa shape index (κ2) is 8.55. The summed E-state index contributed by atoms with van der Waals surface area (Å²) in [5.41, 5.74) is 6.30. The molecule has 1 aliphatic rings. The molecule has 0 fully saturated rings. The Labute approximate surface area is 167 Å². The monoisotopic (exact) mass is 393 g/mol. The van der Waals surface area contributed by atoms with Crippen molar-refractivity contribution in [1.29, 1.82) is 0 Å². The number of nitrogens with one attached hydrogen (secondary N) is 2. The van der Waals surface area contributed by atoms with Crippen LogP contribution >= 0.6 is 0 Å². The van der Waals surface area contributed by atoms with Crippen LogP contribution in [0.3, 0.4) is 0 Å². The van der Waals surface area contributed by atoms with Crippen molar-refractivity contribution in [3.8, 4) is 11.3 Å². The number of hydrogen-bond donors (Lipinski definition) is 2. The molecule has 1 aliphatic heterocycles. The minimum absolute atomic E-state index is 0.0973. The number of hydrogen-bond acceptors (Lipinski definition) is 6. The first-order valence-electron chi connectivity index (χ1n) is 9.26. The van der Waals surface area contributed by atoms with E-state index in [0.717, 1.165) is 28.9 Å². The first-order chi connectivity index (χ1) is 14.2. The predicted octanol–water partition coefficient (Wildman–Crippen LogP) is 3.36. The lowest BCUT2D eigenvalue weighted by Crippen LogP contribution is -2.22. The molecule has 0 radical (unpaired) electrons. The van der Waals surface area contributed by atoms with Gasteiger partial charge in [-0.3, -0.25) is 10.2 Å². The van der Waals surface area contributed by atoms with E-state index >= 15 is 0 Å². The number of aromatic nitrogens is 1. The minimum Gasteiger partial charge on any atom is -0.356 e. The molecule has 2 aromatic carbocycles. The number of carbonyl (C=O) groups is 1. The molecule has 0 saturated carbocycles. The fourth-order valence-corrected chi connectivity index (χ4v) is 3.07. The Balaban J connectivity index is 1.31. The zero-order valence-corrected chi connectivity index (χ0v) is 15.6. The number of anilines is 1. The second-order valence-electron chi connectivity index (χ2n) is 6.74. The normalized spacial score (nSPS) is 12.8. The standard InChI is InChI=1S/C21H20FN5O2/c22-18-6-3-16(4-7-18)21-17(11-25-29-21)5-10-20(28)26-19-8-1-15(2-9-19)12-27-13-23-24-14-27/h1-4,6-9,11,13,24H,5,10,12,14H2,(H,26,28). The maximum Gasteiger partial charge on any atom is 0.224 e. The third-order valence-electron chi connectivity index (χ3n) is 4.58. The first-order valence-corrected chi connectivity index (χ1v) is 9.26. The summed E-state index contributed by atoms with van der Waals surface area (Å²) in [5, 5.41) is 10.7. The summed E-state index contributed by atoms with van der Waals surface area (Å²) in [4.78, 5) is 14.4. The number of amides is 1. The van der Waals surface area contributed by atoms with Crippen molar-refractivity contribution in [3.63, 3.8) is 0 Å². The fraction of sp³-hybridized carbons (Fsp3) is 0.190. The Morgan fingerprint density at radius 2 is 1.97 bits per heavy atom. The van der Waals surface area contributed by atoms with E-state index in [9.17, 15) is 9.18 Å². The van der Waals surface area contributed by atoms with Gasteiger partial charge in [0.15, 0.2) is 5.76 Å². The van der Waals surface area contributed by atoms with Gasteiger partial charge in [-0.25, -0.2) is 4.39 Å². The number of nitrogens with zero attached hydrogens (tertiary/aromatic N) is 3. The number of aryl methyl sites for hydroxylation is 1. The first kappa shape index (κ1) is 18.7. The highest BCUT2D eigenvalue weighted by atomic mass is 19.1. The van der Waals surface area contributed by atoms with Gasteiger partial charge in [-0.05, 0) is 48.4 Å². The Bertz CT molecular complexity index is 999. The van der Waals surface area contributed by atoms with E-state index in [2.05, 4.69) is 21.0 Å². The topological polar surface area (TPSA) is 82.8 Å². The lowest BCUT2D eigenvalue weighted by atomic mass is 10.1. The van der Waals surface area contributed by atoms with Crippen molar-refractivity contribution in [2.24, 2.45) is 5.10 Å². The highest BCUT2D eigenvalue weighted by Crippen LogP contribution is 2.25. The maximum absolute atomic E-state index is 13.1. The molecule has 4 rings (SSSR count). The van der Waals surface area contributed by atoms with Crippen LogP contribution in [0.2, 0.25) is 0 Å². The van der Waals surface area contributed by atoms with Crippen LogP contribution < -0.4 is 10.7 Å². The van der Waals surface area contributed by atoms with Crippen LogP contribution in [0, 0.1) is 5.82 Å². The quantitative estimate of drug-likeness (QED) is 0.643. The molecular formula is C21H20FN5O2. The lowest BCUT2D eigenvalue weighted by Gasteiger charge is -2.13. The molecular weight excluding hydrogens is 373 g/mol. The van der Waals surface area contributed by atoms with Gasteiger partial charge in [0.1, 0.15) is 18.8 Å². The summed E-state index contributed by atoms with van der Waals surface area (Å²) in [7, 11) is 0.